The van der Waals surface area contributed by atoms with Crippen molar-refractivity contribution in [2.75, 3.05) is 0 Å². The number of alkyl halides is 2. The maximum Gasteiger partial charge on any atom is 0.350 e. The number of hydrogen-bond donors (Lipinski definition) is 1. The highest BCUT2D eigenvalue weighted by Crippen LogP contribution is 2.46. The molecule has 272 valence electrons. The van der Waals surface area contributed by atoms with Gasteiger partial charge in [0.05, 0.1) is 18.3 Å². The number of pyridine rings is 1. The molecule has 2 atom stereocenters. The van der Waals surface area contributed by atoms with Crippen LogP contribution in [0.3, 0.4) is 0 Å². The fraction of sp³-hybridized carbons (Fsp3) is 0.263. The molecule has 0 radical (unpaired) electrons. The third kappa shape index (κ3) is 7.73. The molecule has 6 aromatic rings. The van der Waals surface area contributed by atoms with Gasteiger partial charge in [0.25, 0.3) is 0 Å². The highest BCUT2D eigenvalue weighted by Gasteiger charge is 2.58. The zero-order valence-electron chi connectivity index (χ0n) is 28.9. The van der Waals surface area contributed by atoms with Crippen molar-refractivity contribution < 1.29 is 27.4 Å². The first kappa shape index (κ1) is 36.6. The second kappa shape index (κ2) is 15.2. The van der Waals surface area contributed by atoms with Crippen molar-refractivity contribution in [3.63, 3.8) is 0 Å². The Balaban J connectivity index is 1.10. The van der Waals surface area contributed by atoms with Crippen molar-refractivity contribution >= 4 is 0 Å². The van der Waals surface area contributed by atoms with Crippen LogP contribution < -0.4 is 10.4 Å². The molecule has 53 heavy (non-hydrogen) atoms. The minimum atomic E-state index is -4.18. The minimum Gasteiger partial charge on any atom is -0.489 e. The summed E-state index contributed by atoms with van der Waals surface area (Å²) in [5, 5.41) is 25.9. The summed E-state index contributed by atoms with van der Waals surface area (Å²) in [6.45, 7) is 5.50. The van der Waals surface area contributed by atoms with E-state index in [1.807, 2.05) is 31.2 Å². The molecule has 0 saturated heterocycles. The van der Waals surface area contributed by atoms with Gasteiger partial charge in [-0.05, 0) is 89.0 Å². The molecule has 0 bridgehead atoms. The van der Waals surface area contributed by atoms with Gasteiger partial charge in [0.1, 0.15) is 42.3 Å². The zero-order valence-corrected chi connectivity index (χ0v) is 28.9. The zero-order chi connectivity index (χ0) is 37.8. The number of hydrogen-bond acceptors (Lipinski definition) is 8. The van der Waals surface area contributed by atoms with Gasteiger partial charge in [-0.1, -0.05) is 44.7 Å². The molecule has 0 saturated carbocycles. The highest BCUT2D eigenvalue weighted by molar-refractivity contribution is 5.44. The van der Waals surface area contributed by atoms with Crippen LogP contribution in [0.1, 0.15) is 61.2 Å². The molecule has 15 heteroatoms. The molecule has 0 amide bonds. The van der Waals surface area contributed by atoms with Crippen molar-refractivity contribution in [1.29, 1.82) is 0 Å². The molecule has 0 aliphatic heterocycles. The Morgan fingerprint density at radius 2 is 1.64 bits per heavy atom. The summed E-state index contributed by atoms with van der Waals surface area (Å²) in [7, 11) is 0. The largest absolute Gasteiger partial charge is 0.489 e. The Labute approximate surface area is 301 Å². The Hall–Kier alpha value is -6.14. The Morgan fingerprint density at radius 1 is 0.925 bits per heavy atom. The number of rotatable bonds is 12. The molecule has 11 nitrogen and oxygen atoms in total. The fourth-order valence-corrected chi connectivity index (χ4v) is 5.88. The van der Waals surface area contributed by atoms with E-state index in [9.17, 15) is 18.7 Å². The first-order valence-corrected chi connectivity index (χ1v) is 16.6. The van der Waals surface area contributed by atoms with Crippen LogP contribution in [0.15, 0.2) is 103 Å². The molecule has 2 unspecified atom stereocenters. The number of tetrazole rings is 1. The quantitative estimate of drug-likeness (QED) is 0.121. The van der Waals surface area contributed by atoms with Crippen LogP contribution in [-0.4, -0.2) is 44.6 Å². The molecule has 0 aliphatic rings. The maximum absolute atomic E-state index is 16.0. The van der Waals surface area contributed by atoms with Crippen molar-refractivity contribution in [3.05, 3.63) is 148 Å². The predicted octanol–water partition coefficient (Wildman–Crippen LogP) is 5.96. The highest BCUT2D eigenvalue weighted by atomic mass is 19.3. The summed E-state index contributed by atoms with van der Waals surface area (Å²) in [4.78, 5) is 16.8. The molecule has 0 fully saturated rings. The number of aromatic nitrogens is 8. The van der Waals surface area contributed by atoms with Crippen LogP contribution in [0.2, 0.25) is 0 Å². The van der Waals surface area contributed by atoms with E-state index in [4.69, 9.17) is 4.74 Å². The molecule has 1 N–H and O–H groups in total. The summed E-state index contributed by atoms with van der Waals surface area (Å²) >= 11 is 0. The predicted molar refractivity (Wildman–Crippen MR) is 185 cm³/mol. The molecular formula is C38H34F4N8O3. The molecule has 3 aromatic heterocycles. The summed E-state index contributed by atoms with van der Waals surface area (Å²) in [6.07, 6.45) is 4.42. The summed E-state index contributed by atoms with van der Waals surface area (Å²) in [5.41, 5.74) is -2.66. The van der Waals surface area contributed by atoms with Gasteiger partial charge >= 0.3 is 11.6 Å². The van der Waals surface area contributed by atoms with Gasteiger partial charge in [-0.2, -0.15) is 13.9 Å². The monoisotopic (exact) mass is 726 g/mol. The third-order valence-corrected chi connectivity index (χ3v) is 8.78. The van der Waals surface area contributed by atoms with Crippen molar-refractivity contribution in [3.8, 4) is 23.3 Å². The number of nitrogens with zero attached hydrogens (tertiary/aromatic N) is 8. The maximum atomic E-state index is 16.0. The van der Waals surface area contributed by atoms with Gasteiger partial charge in [-0.3, -0.25) is 4.98 Å². The molecule has 6 rings (SSSR count). The van der Waals surface area contributed by atoms with Crippen LogP contribution in [0.5, 0.6) is 5.75 Å². The Morgan fingerprint density at radius 3 is 2.26 bits per heavy atom. The van der Waals surface area contributed by atoms with Gasteiger partial charge in [-0.15, -0.1) is 5.10 Å². The van der Waals surface area contributed by atoms with E-state index >= 15 is 8.78 Å². The van der Waals surface area contributed by atoms with E-state index in [0.29, 0.717) is 28.6 Å². The first-order chi connectivity index (χ1) is 25.4. The van der Waals surface area contributed by atoms with Crippen LogP contribution in [0, 0.1) is 29.4 Å². The summed E-state index contributed by atoms with van der Waals surface area (Å²) < 4.78 is 70.1. The van der Waals surface area contributed by atoms with Crippen LogP contribution in [-0.2, 0) is 24.7 Å². The lowest BCUT2D eigenvalue weighted by Crippen LogP contribution is -2.48. The SMILES string of the molecule is CCC(C(C)C)n1ncn(-c2ccc(COc3ccc(C#Cc4ccc(C(F)(F)C(O)(Cn5cnnn5)c5ccc(F)cc5F)nc4)cc3)cc2)c1=O. The normalized spacial score (nSPS) is 13.3. The van der Waals surface area contributed by atoms with E-state index in [1.165, 1.54) is 21.6 Å². The molecular weight excluding hydrogens is 692 g/mol. The van der Waals surface area contributed by atoms with Gasteiger partial charge in [0.15, 0.2) is 5.60 Å². The number of benzene rings is 3. The molecule has 0 spiro atoms. The summed E-state index contributed by atoms with van der Waals surface area (Å²) in [6, 6.07) is 18.6. The van der Waals surface area contributed by atoms with Gasteiger partial charge < -0.3 is 9.84 Å². The van der Waals surface area contributed by atoms with E-state index in [0.717, 1.165) is 47.4 Å². The number of halogens is 4. The average molecular weight is 727 g/mol. The van der Waals surface area contributed by atoms with Crippen molar-refractivity contribution in [2.24, 2.45) is 5.92 Å². The van der Waals surface area contributed by atoms with Crippen molar-refractivity contribution in [1.82, 2.24) is 39.5 Å². The van der Waals surface area contributed by atoms with Gasteiger partial charge in [0.2, 0.25) is 0 Å². The van der Waals surface area contributed by atoms with Crippen LogP contribution in [0.25, 0.3) is 5.69 Å². The lowest BCUT2D eigenvalue weighted by atomic mass is 9.84. The van der Waals surface area contributed by atoms with E-state index in [-0.39, 0.29) is 24.3 Å². The molecule has 3 aromatic carbocycles. The lowest BCUT2D eigenvalue weighted by molar-refractivity contribution is -0.207. The van der Waals surface area contributed by atoms with E-state index in [2.05, 4.69) is 51.3 Å². The smallest absolute Gasteiger partial charge is 0.350 e. The molecule has 3 heterocycles. The Bertz CT molecular complexity index is 2280. The fourth-order valence-electron chi connectivity index (χ4n) is 5.88. The average Bonchev–Trinajstić information content (AvgIpc) is 3.80. The van der Waals surface area contributed by atoms with E-state index in [1.54, 1.807) is 24.3 Å². The van der Waals surface area contributed by atoms with Gasteiger partial charge in [0, 0.05) is 29.0 Å². The minimum absolute atomic E-state index is 0.0217. The lowest BCUT2D eigenvalue weighted by Gasteiger charge is -2.35. The molecule has 0 aliphatic carbocycles. The van der Waals surface area contributed by atoms with Crippen LogP contribution in [0.4, 0.5) is 17.6 Å². The second-order valence-corrected chi connectivity index (χ2v) is 12.7. The number of ether oxygens (including phenoxy) is 1. The second-order valence-electron chi connectivity index (χ2n) is 12.7. The van der Waals surface area contributed by atoms with Gasteiger partial charge in [-0.25, -0.2) is 27.5 Å². The van der Waals surface area contributed by atoms with Crippen molar-refractivity contribution in [2.45, 2.75) is 57.9 Å². The standard InChI is InChI=1S/C38H34F4N8O3/c1-4-34(25(2)3)50-36(51)49(24-45-50)30-13-7-28(8-14-30)21-53-31-15-9-26(10-16-31)5-6-27-11-18-35(43-20-27)38(41,42)37(52,22-48-23-44-46-47-48)32-17-12-29(39)19-33(32)40/h7-20,23-25,34,52H,4,21-22H2,1-3H3. The van der Waals surface area contributed by atoms with Crippen LogP contribution >= 0.6 is 0 Å². The topological polar surface area (TPSA) is 126 Å². The first-order valence-electron chi connectivity index (χ1n) is 16.6. The Kier molecular flexibility index (Phi) is 10.5. The number of aliphatic hydroxyl groups is 1. The van der Waals surface area contributed by atoms with E-state index < -0.39 is 41.0 Å². The summed E-state index contributed by atoms with van der Waals surface area (Å²) in [5.74, 6) is 0.0981. The third-order valence-electron chi connectivity index (χ3n) is 8.78.